The minimum Gasteiger partial charge on any atom is -0.444 e. The van der Waals surface area contributed by atoms with Crippen molar-refractivity contribution in [1.29, 1.82) is 0 Å². The summed E-state index contributed by atoms with van der Waals surface area (Å²) in [5.41, 5.74) is -0.0966. The molecule has 0 saturated carbocycles. The summed E-state index contributed by atoms with van der Waals surface area (Å²) in [6.45, 7) is 3.86. The van der Waals surface area contributed by atoms with Gasteiger partial charge in [0.2, 0.25) is 5.91 Å². The molecule has 2 aliphatic heterocycles. The Bertz CT molecular complexity index is 995. The highest BCUT2D eigenvalue weighted by atomic mass is 32.2. The lowest BCUT2D eigenvalue weighted by atomic mass is 9.99. The zero-order valence-electron chi connectivity index (χ0n) is 18.6. The average Bonchev–Trinajstić information content (AvgIpc) is 2.99. The average molecular weight is 485 g/mol. The topological polar surface area (TPSA) is 155 Å². The van der Waals surface area contributed by atoms with Gasteiger partial charge in [-0.1, -0.05) is 30.3 Å². The maximum Gasteiger partial charge on any atom is 0.425 e. The second-order valence-corrected chi connectivity index (χ2v) is 10.5. The molecule has 3 rings (SSSR count). The largest absolute Gasteiger partial charge is 0.444 e. The van der Waals surface area contributed by atoms with Crippen molar-refractivity contribution in [3.8, 4) is 0 Å². The van der Waals surface area contributed by atoms with Crippen molar-refractivity contribution in [3.05, 3.63) is 35.9 Å². The number of benzene rings is 1. The molecule has 2 saturated heterocycles. The molecule has 2 aliphatic rings. The molecule has 13 heteroatoms. The molecule has 2 fully saturated rings. The van der Waals surface area contributed by atoms with Gasteiger partial charge < -0.3 is 25.2 Å². The minimum atomic E-state index is -4.33. The molecule has 0 unspecified atom stereocenters. The summed E-state index contributed by atoms with van der Waals surface area (Å²) in [6, 6.07) is 5.95. The standard InChI is InChI=1S/C20H28N4O8S/c1-20(2,3)32-18(27)22-16-15(21-17(16)26)10-23-9-14(11-25)24(33(23,29)30)19(28)31-12-13-7-5-4-6-8-13/h4-8,14-16,25H,9-12H2,1-3H3,(H,21,26)(H,22,27)/t14-,15+,16-/m0/s1. The van der Waals surface area contributed by atoms with Gasteiger partial charge in [0.15, 0.2) is 0 Å². The number of aliphatic hydroxyl groups excluding tert-OH is 1. The second-order valence-electron chi connectivity index (χ2n) is 8.74. The van der Waals surface area contributed by atoms with Crippen LogP contribution in [0.3, 0.4) is 0 Å². The van der Waals surface area contributed by atoms with E-state index in [0.717, 1.165) is 4.31 Å². The summed E-state index contributed by atoms with van der Waals surface area (Å²) in [7, 11) is -4.33. The van der Waals surface area contributed by atoms with E-state index in [0.29, 0.717) is 9.87 Å². The molecule has 1 aromatic rings. The predicted octanol–water partition coefficient (Wildman–Crippen LogP) is -0.0618. The smallest absolute Gasteiger partial charge is 0.425 e. The first kappa shape index (κ1) is 24.7. The Morgan fingerprint density at radius 1 is 1.24 bits per heavy atom. The van der Waals surface area contributed by atoms with Crippen LogP contribution >= 0.6 is 0 Å². The van der Waals surface area contributed by atoms with Crippen LogP contribution in [-0.2, 0) is 31.1 Å². The van der Waals surface area contributed by atoms with Gasteiger partial charge >= 0.3 is 22.4 Å². The lowest BCUT2D eigenvalue weighted by Crippen LogP contribution is -2.72. The van der Waals surface area contributed by atoms with Crippen LogP contribution in [0.2, 0.25) is 0 Å². The first-order chi connectivity index (χ1) is 15.4. The Morgan fingerprint density at radius 3 is 2.48 bits per heavy atom. The van der Waals surface area contributed by atoms with Crippen LogP contribution in [0.5, 0.6) is 0 Å². The second kappa shape index (κ2) is 9.53. The fourth-order valence-electron chi connectivity index (χ4n) is 3.46. The quantitative estimate of drug-likeness (QED) is 0.475. The van der Waals surface area contributed by atoms with Crippen molar-refractivity contribution in [1.82, 2.24) is 19.2 Å². The van der Waals surface area contributed by atoms with Crippen LogP contribution in [0.15, 0.2) is 30.3 Å². The third kappa shape index (κ3) is 5.72. The van der Waals surface area contributed by atoms with E-state index in [4.69, 9.17) is 9.47 Å². The Kier molecular flexibility index (Phi) is 7.14. The van der Waals surface area contributed by atoms with Crippen LogP contribution in [0.4, 0.5) is 9.59 Å². The summed E-state index contributed by atoms with van der Waals surface area (Å²) in [5, 5.41) is 14.6. The zero-order valence-corrected chi connectivity index (χ0v) is 19.4. The van der Waals surface area contributed by atoms with Crippen LogP contribution in [0, 0.1) is 0 Å². The molecule has 0 spiro atoms. The van der Waals surface area contributed by atoms with Gasteiger partial charge in [-0.2, -0.15) is 17.0 Å². The number of rotatable bonds is 6. The molecular weight excluding hydrogens is 456 g/mol. The van der Waals surface area contributed by atoms with Crippen LogP contribution < -0.4 is 10.6 Å². The van der Waals surface area contributed by atoms with Crippen molar-refractivity contribution in [3.63, 3.8) is 0 Å². The van der Waals surface area contributed by atoms with Gasteiger partial charge in [0.05, 0.1) is 18.7 Å². The van der Waals surface area contributed by atoms with Crippen molar-refractivity contribution < 1.29 is 37.4 Å². The van der Waals surface area contributed by atoms with E-state index >= 15 is 0 Å². The van der Waals surface area contributed by atoms with Gasteiger partial charge in [-0.05, 0) is 26.3 Å². The number of aliphatic hydroxyl groups is 1. The first-order valence-corrected chi connectivity index (χ1v) is 11.7. The molecule has 2 heterocycles. The number of hydrogen-bond donors (Lipinski definition) is 3. The van der Waals surface area contributed by atoms with Gasteiger partial charge in [-0.15, -0.1) is 0 Å². The molecule has 0 radical (unpaired) electrons. The molecule has 1 aromatic carbocycles. The molecular formula is C20H28N4O8S. The molecule has 33 heavy (non-hydrogen) atoms. The first-order valence-electron chi connectivity index (χ1n) is 10.3. The van der Waals surface area contributed by atoms with Gasteiger partial charge in [-0.3, -0.25) is 4.79 Å². The van der Waals surface area contributed by atoms with Gasteiger partial charge in [0.1, 0.15) is 18.2 Å². The maximum absolute atomic E-state index is 13.0. The van der Waals surface area contributed by atoms with E-state index in [1.54, 1.807) is 51.1 Å². The number of nitrogens with one attached hydrogen (secondary N) is 2. The summed E-state index contributed by atoms with van der Waals surface area (Å²) in [4.78, 5) is 36.5. The molecule has 0 aromatic heterocycles. The number of alkyl carbamates (subject to hydrolysis) is 1. The summed E-state index contributed by atoms with van der Waals surface area (Å²) < 4.78 is 37.7. The van der Waals surface area contributed by atoms with E-state index in [-0.39, 0.29) is 19.7 Å². The minimum absolute atomic E-state index is 0.135. The van der Waals surface area contributed by atoms with Gasteiger partial charge in [0, 0.05) is 13.1 Å². The monoisotopic (exact) mass is 484 g/mol. The lowest BCUT2D eigenvalue weighted by molar-refractivity contribution is -0.131. The van der Waals surface area contributed by atoms with E-state index < -0.39 is 58.6 Å². The van der Waals surface area contributed by atoms with Gasteiger partial charge in [-0.25, -0.2) is 9.59 Å². The van der Waals surface area contributed by atoms with E-state index in [2.05, 4.69) is 10.6 Å². The van der Waals surface area contributed by atoms with Crippen molar-refractivity contribution in [2.24, 2.45) is 0 Å². The van der Waals surface area contributed by atoms with Crippen molar-refractivity contribution in [2.45, 2.75) is 51.1 Å². The zero-order chi connectivity index (χ0) is 24.4. The fraction of sp³-hybridized carbons (Fsp3) is 0.550. The van der Waals surface area contributed by atoms with Gasteiger partial charge in [0.25, 0.3) is 0 Å². The molecule has 0 aliphatic carbocycles. The number of β-lactam (4-membered cyclic amide) rings is 1. The predicted molar refractivity (Wildman–Crippen MR) is 115 cm³/mol. The number of ether oxygens (including phenoxy) is 2. The molecule has 12 nitrogen and oxygen atoms in total. The maximum atomic E-state index is 13.0. The third-order valence-corrected chi connectivity index (χ3v) is 6.90. The number of amides is 3. The normalized spacial score (nSPS) is 24.5. The molecule has 3 atom stereocenters. The third-order valence-electron chi connectivity index (χ3n) is 5.00. The van der Waals surface area contributed by atoms with E-state index in [1.807, 2.05) is 0 Å². The molecule has 0 bridgehead atoms. The Labute approximate surface area is 192 Å². The molecule has 3 amide bonds. The van der Waals surface area contributed by atoms with Crippen LogP contribution in [-0.4, -0.2) is 83.7 Å². The van der Waals surface area contributed by atoms with Crippen LogP contribution in [0.1, 0.15) is 26.3 Å². The Hall–Kier alpha value is -2.90. The number of carbonyl (C=O) groups excluding carboxylic acids is 3. The number of hydrogen-bond acceptors (Lipinski definition) is 8. The van der Waals surface area contributed by atoms with E-state index in [9.17, 15) is 27.9 Å². The van der Waals surface area contributed by atoms with Crippen LogP contribution in [0.25, 0.3) is 0 Å². The summed E-state index contributed by atoms with van der Waals surface area (Å²) >= 11 is 0. The van der Waals surface area contributed by atoms with Crippen molar-refractivity contribution >= 4 is 28.3 Å². The van der Waals surface area contributed by atoms with E-state index in [1.165, 1.54) is 0 Å². The highest BCUT2D eigenvalue weighted by Crippen LogP contribution is 2.25. The molecule has 182 valence electrons. The summed E-state index contributed by atoms with van der Waals surface area (Å²) in [5.74, 6) is -0.486. The van der Waals surface area contributed by atoms with Crippen molar-refractivity contribution in [2.75, 3.05) is 19.7 Å². The fourth-order valence-corrected chi connectivity index (χ4v) is 5.17. The lowest BCUT2D eigenvalue weighted by Gasteiger charge is -2.38. The molecule has 3 N–H and O–H groups in total. The highest BCUT2D eigenvalue weighted by Gasteiger charge is 2.51. The summed E-state index contributed by atoms with van der Waals surface area (Å²) in [6.07, 6.45) is -1.92. The Morgan fingerprint density at radius 2 is 1.91 bits per heavy atom. The number of carbonyl (C=O) groups is 3. The SMILES string of the molecule is CC(C)(C)OC(=O)N[C@@H]1C(=O)N[C@@H]1CN1C[C@@H](CO)N(C(=O)OCc2ccccc2)S1(=O)=O. The highest BCUT2D eigenvalue weighted by molar-refractivity contribution is 7.87. The number of nitrogens with zero attached hydrogens (tertiary/aromatic N) is 2. The Balaban J connectivity index is 1.64.